The van der Waals surface area contributed by atoms with Gasteiger partial charge in [-0.1, -0.05) is 13.3 Å². The van der Waals surface area contributed by atoms with Crippen molar-refractivity contribution in [2.45, 2.75) is 51.5 Å². The predicted molar refractivity (Wildman–Crippen MR) is 56.4 cm³/mol. The zero-order valence-corrected chi connectivity index (χ0v) is 9.04. The third-order valence-electron chi connectivity index (χ3n) is 2.81. The van der Waals surface area contributed by atoms with Gasteiger partial charge in [0, 0.05) is 12.5 Å². The van der Waals surface area contributed by atoms with Crippen LogP contribution in [0.4, 0.5) is 0 Å². The number of carboxylic acids is 1. The van der Waals surface area contributed by atoms with Gasteiger partial charge in [0.25, 0.3) is 0 Å². The van der Waals surface area contributed by atoms with E-state index in [1.54, 1.807) is 0 Å². The molecule has 0 aromatic carbocycles. The number of aliphatic carboxylic acids is 1. The second kappa shape index (κ2) is 6.02. The summed E-state index contributed by atoms with van der Waals surface area (Å²) in [5, 5.41) is 8.46. The standard InChI is InChI=1S/C11H21NO2/c1-2-12(10-7-8-10)9-5-3-4-6-11(13)14/h10H,2-9H2,1H3,(H,13,14). The summed E-state index contributed by atoms with van der Waals surface area (Å²) in [6.07, 6.45) is 6.09. The first-order chi connectivity index (χ1) is 6.74. The number of unbranched alkanes of at least 4 members (excludes halogenated alkanes) is 2. The summed E-state index contributed by atoms with van der Waals surface area (Å²) >= 11 is 0. The Morgan fingerprint density at radius 1 is 1.36 bits per heavy atom. The van der Waals surface area contributed by atoms with E-state index in [1.807, 2.05) is 0 Å². The van der Waals surface area contributed by atoms with E-state index in [-0.39, 0.29) is 0 Å². The molecule has 0 bridgehead atoms. The first-order valence-electron chi connectivity index (χ1n) is 5.70. The van der Waals surface area contributed by atoms with E-state index in [2.05, 4.69) is 11.8 Å². The fourth-order valence-electron chi connectivity index (χ4n) is 1.81. The zero-order chi connectivity index (χ0) is 10.4. The second-order valence-electron chi connectivity index (χ2n) is 4.06. The number of hydrogen-bond donors (Lipinski definition) is 1. The molecule has 1 N–H and O–H groups in total. The van der Waals surface area contributed by atoms with E-state index < -0.39 is 5.97 Å². The maximum Gasteiger partial charge on any atom is 0.303 e. The minimum absolute atomic E-state index is 0.329. The fraction of sp³-hybridized carbons (Fsp3) is 0.909. The lowest BCUT2D eigenvalue weighted by atomic mass is 10.2. The van der Waals surface area contributed by atoms with E-state index in [0.29, 0.717) is 6.42 Å². The van der Waals surface area contributed by atoms with Crippen LogP contribution in [0.25, 0.3) is 0 Å². The molecule has 1 saturated carbocycles. The Balaban J connectivity index is 1.93. The zero-order valence-electron chi connectivity index (χ0n) is 9.04. The average Bonchev–Trinajstić information content (AvgIpc) is 2.94. The number of rotatable bonds is 8. The molecule has 1 aliphatic carbocycles. The molecule has 0 aromatic heterocycles. The van der Waals surface area contributed by atoms with Crippen LogP contribution in [0.15, 0.2) is 0 Å². The van der Waals surface area contributed by atoms with E-state index in [9.17, 15) is 4.79 Å². The summed E-state index contributed by atoms with van der Waals surface area (Å²) in [7, 11) is 0. The highest BCUT2D eigenvalue weighted by atomic mass is 16.4. The summed E-state index contributed by atoms with van der Waals surface area (Å²) < 4.78 is 0. The molecular formula is C11H21NO2. The molecule has 0 atom stereocenters. The number of carboxylic acid groups (broad SMARTS) is 1. The maximum atomic E-state index is 10.3. The second-order valence-corrected chi connectivity index (χ2v) is 4.06. The molecule has 0 saturated heterocycles. The molecule has 1 aliphatic rings. The van der Waals surface area contributed by atoms with Crippen LogP contribution in [-0.4, -0.2) is 35.1 Å². The number of carbonyl (C=O) groups is 1. The van der Waals surface area contributed by atoms with Gasteiger partial charge in [-0.25, -0.2) is 0 Å². The van der Waals surface area contributed by atoms with Gasteiger partial charge >= 0.3 is 5.97 Å². The van der Waals surface area contributed by atoms with Gasteiger partial charge in [-0.05, 0) is 38.8 Å². The number of nitrogens with zero attached hydrogens (tertiary/aromatic N) is 1. The minimum Gasteiger partial charge on any atom is -0.481 e. The van der Waals surface area contributed by atoms with Crippen molar-refractivity contribution >= 4 is 5.97 Å². The highest BCUT2D eigenvalue weighted by Crippen LogP contribution is 2.26. The van der Waals surface area contributed by atoms with Crippen LogP contribution in [0.1, 0.15) is 45.4 Å². The molecule has 1 rings (SSSR count). The van der Waals surface area contributed by atoms with Crippen LogP contribution in [0, 0.1) is 0 Å². The Kier molecular flexibility index (Phi) is 4.94. The molecule has 0 aromatic rings. The first kappa shape index (κ1) is 11.5. The smallest absolute Gasteiger partial charge is 0.303 e. The molecule has 82 valence electrons. The van der Waals surface area contributed by atoms with E-state index >= 15 is 0 Å². The van der Waals surface area contributed by atoms with E-state index in [0.717, 1.165) is 38.4 Å². The molecule has 0 unspecified atom stereocenters. The van der Waals surface area contributed by atoms with Gasteiger partial charge in [0.15, 0.2) is 0 Å². The SMILES string of the molecule is CCN(CCCCCC(=O)O)C1CC1. The average molecular weight is 199 g/mol. The molecule has 0 aliphatic heterocycles. The van der Waals surface area contributed by atoms with Crippen LogP contribution in [0.2, 0.25) is 0 Å². The van der Waals surface area contributed by atoms with Gasteiger partial charge in [-0.15, -0.1) is 0 Å². The lowest BCUT2D eigenvalue weighted by molar-refractivity contribution is -0.137. The van der Waals surface area contributed by atoms with Gasteiger partial charge in [-0.2, -0.15) is 0 Å². The van der Waals surface area contributed by atoms with Crippen molar-refractivity contribution in [1.82, 2.24) is 4.90 Å². The highest BCUT2D eigenvalue weighted by molar-refractivity contribution is 5.66. The molecule has 0 spiro atoms. The summed E-state index contributed by atoms with van der Waals surface area (Å²) in [6.45, 7) is 4.50. The van der Waals surface area contributed by atoms with Crippen LogP contribution in [-0.2, 0) is 4.79 Å². The Hall–Kier alpha value is -0.570. The maximum absolute atomic E-state index is 10.3. The molecular weight excluding hydrogens is 178 g/mol. The van der Waals surface area contributed by atoms with Crippen LogP contribution in [0.3, 0.4) is 0 Å². The normalized spacial score (nSPS) is 16.1. The van der Waals surface area contributed by atoms with Crippen LogP contribution < -0.4 is 0 Å². The van der Waals surface area contributed by atoms with E-state index in [4.69, 9.17) is 5.11 Å². The highest BCUT2D eigenvalue weighted by Gasteiger charge is 2.26. The van der Waals surface area contributed by atoms with Crippen molar-refractivity contribution in [3.05, 3.63) is 0 Å². The lowest BCUT2D eigenvalue weighted by Crippen LogP contribution is -2.26. The quantitative estimate of drug-likeness (QED) is 0.609. The number of hydrogen-bond acceptors (Lipinski definition) is 2. The molecule has 0 radical (unpaired) electrons. The topological polar surface area (TPSA) is 40.5 Å². The van der Waals surface area contributed by atoms with Crippen molar-refractivity contribution in [3.63, 3.8) is 0 Å². The Morgan fingerprint density at radius 2 is 2.07 bits per heavy atom. The summed E-state index contributed by atoms with van der Waals surface area (Å²) in [6, 6.07) is 0.847. The van der Waals surface area contributed by atoms with Crippen LogP contribution in [0.5, 0.6) is 0 Å². The van der Waals surface area contributed by atoms with Crippen molar-refractivity contribution in [1.29, 1.82) is 0 Å². The fourth-order valence-corrected chi connectivity index (χ4v) is 1.81. The van der Waals surface area contributed by atoms with E-state index in [1.165, 1.54) is 12.8 Å². The Labute approximate surface area is 86.1 Å². The summed E-state index contributed by atoms with van der Waals surface area (Å²) in [5.74, 6) is -0.667. The predicted octanol–water partition coefficient (Wildman–Crippen LogP) is 2.12. The molecule has 1 fully saturated rings. The first-order valence-corrected chi connectivity index (χ1v) is 5.70. The lowest BCUT2D eigenvalue weighted by Gasteiger charge is -2.19. The van der Waals surface area contributed by atoms with Crippen molar-refractivity contribution < 1.29 is 9.90 Å². The molecule has 0 amide bonds. The monoisotopic (exact) mass is 199 g/mol. The minimum atomic E-state index is -0.667. The van der Waals surface area contributed by atoms with Crippen molar-refractivity contribution in [3.8, 4) is 0 Å². The van der Waals surface area contributed by atoms with Crippen molar-refractivity contribution in [2.75, 3.05) is 13.1 Å². The van der Waals surface area contributed by atoms with Gasteiger partial charge in [0.2, 0.25) is 0 Å². The Morgan fingerprint density at radius 3 is 2.57 bits per heavy atom. The van der Waals surface area contributed by atoms with Gasteiger partial charge < -0.3 is 10.0 Å². The Bertz CT molecular complexity index is 178. The van der Waals surface area contributed by atoms with Gasteiger partial charge in [-0.3, -0.25) is 4.79 Å². The summed E-state index contributed by atoms with van der Waals surface area (Å²) in [4.78, 5) is 12.8. The molecule has 14 heavy (non-hydrogen) atoms. The molecule has 3 nitrogen and oxygen atoms in total. The third-order valence-corrected chi connectivity index (χ3v) is 2.81. The van der Waals surface area contributed by atoms with Crippen LogP contribution >= 0.6 is 0 Å². The van der Waals surface area contributed by atoms with Gasteiger partial charge in [0.1, 0.15) is 0 Å². The summed E-state index contributed by atoms with van der Waals surface area (Å²) in [5.41, 5.74) is 0. The van der Waals surface area contributed by atoms with Gasteiger partial charge in [0.05, 0.1) is 0 Å². The van der Waals surface area contributed by atoms with Crippen molar-refractivity contribution in [2.24, 2.45) is 0 Å². The molecule has 0 heterocycles. The molecule has 3 heteroatoms. The third kappa shape index (κ3) is 4.61. The largest absolute Gasteiger partial charge is 0.481 e.